The summed E-state index contributed by atoms with van der Waals surface area (Å²) in [5, 5.41) is 7.52. The van der Waals surface area contributed by atoms with Gasteiger partial charge in [-0.05, 0) is 48.4 Å². The summed E-state index contributed by atoms with van der Waals surface area (Å²) < 4.78 is 0.860. The highest BCUT2D eigenvalue weighted by Gasteiger charge is 2.34. The molecule has 1 unspecified atom stereocenters. The van der Waals surface area contributed by atoms with Crippen LogP contribution in [0.25, 0.3) is 0 Å². The van der Waals surface area contributed by atoms with Crippen molar-refractivity contribution in [3.05, 3.63) is 69.3 Å². The molecule has 8 heteroatoms. The van der Waals surface area contributed by atoms with Crippen LogP contribution in [0.2, 0.25) is 0 Å². The molecule has 0 spiro atoms. The number of amides is 3. The highest BCUT2D eigenvalue weighted by molar-refractivity contribution is 9.10. The number of nitrogens with one attached hydrogen (secondary N) is 2. The SMILES string of the molecule is C=CCNC(=O)C(NC(=O)c1cccs1)C1CCN(C(=O)c2cccc(Br)c2)CC1. The van der Waals surface area contributed by atoms with Crippen LogP contribution in [0.1, 0.15) is 32.9 Å². The molecule has 0 saturated carbocycles. The minimum absolute atomic E-state index is 0.0231. The van der Waals surface area contributed by atoms with E-state index in [9.17, 15) is 14.4 Å². The fourth-order valence-electron chi connectivity index (χ4n) is 3.54. The van der Waals surface area contributed by atoms with Crippen LogP contribution in [-0.2, 0) is 4.79 Å². The standard InChI is InChI=1S/C22H24BrN3O3S/c1-2-10-24-21(28)19(25-20(27)18-7-4-13-30-18)15-8-11-26(12-9-15)22(29)16-5-3-6-17(23)14-16/h2-7,13-15,19H,1,8-12H2,(H,24,28)(H,25,27). The summed E-state index contributed by atoms with van der Waals surface area (Å²) >= 11 is 4.73. The first-order valence-electron chi connectivity index (χ1n) is 9.77. The number of carbonyl (C=O) groups is 3. The molecule has 0 bridgehead atoms. The molecule has 1 aliphatic rings. The van der Waals surface area contributed by atoms with Gasteiger partial charge in [0.2, 0.25) is 5.91 Å². The van der Waals surface area contributed by atoms with Crippen LogP contribution < -0.4 is 10.6 Å². The second kappa shape index (κ2) is 10.5. The van der Waals surface area contributed by atoms with Crippen molar-refractivity contribution in [2.24, 2.45) is 5.92 Å². The van der Waals surface area contributed by atoms with Crippen molar-refractivity contribution in [2.75, 3.05) is 19.6 Å². The highest BCUT2D eigenvalue weighted by Crippen LogP contribution is 2.24. The molecular formula is C22H24BrN3O3S. The highest BCUT2D eigenvalue weighted by atomic mass is 79.9. The van der Waals surface area contributed by atoms with E-state index in [1.54, 1.807) is 35.2 Å². The molecule has 0 aliphatic carbocycles. The molecule has 0 radical (unpaired) electrons. The Balaban J connectivity index is 1.66. The number of carbonyl (C=O) groups excluding carboxylic acids is 3. The molecule has 2 aromatic rings. The summed E-state index contributed by atoms with van der Waals surface area (Å²) in [5.74, 6) is -0.553. The Morgan fingerprint density at radius 2 is 2.00 bits per heavy atom. The molecule has 2 heterocycles. The van der Waals surface area contributed by atoms with Gasteiger partial charge in [0.1, 0.15) is 6.04 Å². The Morgan fingerprint density at radius 3 is 2.63 bits per heavy atom. The van der Waals surface area contributed by atoms with Crippen molar-refractivity contribution < 1.29 is 14.4 Å². The molecule has 1 aliphatic heterocycles. The number of likely N-dealkylation sites (tertiary alicyclic amines) is 1. The Hall–Kier alpha value is -2.45. The maximum Gasteiger partial charge on any atom is 0.262 e. The molecule has 6 nitrogen and oxygen atoms in total. The smallest absolute Gasteiger partial charge is 0.262 e. The first-order chi connectivity index (χ1) is 14.5. The van der Waals surface area contributed by atoms with Gasteiger partial charge in [-0.15, -0.1) is 17.9 Å². The Morgan fingerprint density at radius 1 is 1.23 bits per heavy atom. The molecular weight excluding hydrogens is 466 g/mol. The summed E-state index contributed by atoms with van der Waals surface area (Å²) in [7, 11) is 0. The number of thiophene rings is 1. The molecule has 3 rings (SSSR count). The van der Waals surface area contributed by atoms with E-state index in [4.69, 9.17) is 0 Å². The topological polar surface area (TPSA) is 78.5 Å². The third-order valence-corrected chi connectivity index (χ3v) is 6.47. The van der Waals surface area contributed by atoms with Gasteiger partial charge in [-0.2, -0.15) is 0 Å². The van der Waals surface area contributed by atoms with Crippen molar-refractivity contribution in [3.63, 3.8) is 0 Å². The number of piperidine rings is 1. The first kappa shape index (κ1) is 22.2. The minimum Gasteiger partial charge on any atom is -0.351 e. The van der Waals surface area contributed by atoms with E-state index >= 15 is 0 Å². The van der Waals surface area contributed by atoms with E-state index in [2.05, 4.69) is 33.1 Å². The lowest BCUT2D eigenvalue weighted by Gasteiger charge is -2.35. The van der Waals surface area contributed by atoms with E-state index < -0.39 is 6.04 Å². The molecule has 1 fully saturated rings. The predicted molar refractivity (Wildman–Crippen MR) is 122 cm³/mol. The van der Waals surface area contributed by atoms with Gasteiger partial charge >= 0.3 is 0 Å². The third kappa shape index (κ3) is 5.58. The zero-order valence-electron chi connectivity index (χ0n) is 16.5. The fraction of sp³-hybridized carbons (Fsp3) is 0.318. The van der Waals surface area contributed by atoms with Crippen LogP contribution in [0.4, 0.5) is 0 Å². The summed E-state index contributed by atoms with van der Waals surface area (Å²) in [5.41, 5.74) is 0.633. The molecule has 3 amide bonds. The Kier molecular flexibility index (Phi) is 7.81. The zero-order chi connectivity index (χ0) is 21.5. The minimum atomic E-state index is -0.650. The number of benzene rings is 1. The van der Waals surface area contributed by atoms with Gasteiger partial charge in [-0.1, -0.05) is 34.1 Å². The second-order valence-electron chi connectivity index (χ2n) is 7.10. The largest absolute Gasteiger partial charge is 0.351 e. The van der Waals surface area contributed by atoms with Gasteiger partial charge in [-0.3, -0.25) is 14.4 Å². The lowest BCUT2D eigenvalue weighted by atomic mass is 9.88. The van der Waals surface area contributed by atoms with E-state index in [0.29, 0.717) is 42.9 Å². The van der Waals surface area contributed by atoms with Crippen LogP contribution in [0.15, 0.2) is 58.9 Å². The van der Waals surface area contributed by atoms with Crippen LogP contribution in [0, 0.1) is 5.92 Å². The van der Waals surface area contributed by atoms with Gasteiger partial charge in [0.05, 0.1) is 4.88 Å². The average Bonchev–Trinajstić information content (AvgIpc) is 3.30. The fourth-order valence-corrected chi connectivity index (χ4v) is 4.57. The number of nitrogens with zero attached hydrogens (tertiary/aromatic N) is 1. The van der Waals surface area contributed by atoms with Crippen molar-refractivity contribution in [1.82, 2.24) is 15.5 Å². The lowest BCUT2D eigenvalue weighted by molar-refractivity contribution is -0.124. The maximum atomic E-state index is 12.8. The molecule has 1 aromatic heterocycles. The van der Waals surface area contributed by atoms with E-state index in [-0.39, 0.29) is 23.6 Å². The summed E-state index contributed by atoms with van der Waals surface area (Å²) in [6.07, 6.45) is 2.88. The number of hydrogen-bond donors (Lipinski definition) is 2. The van der Waals surface area contributed by atoms with Crippen LogP contribution in [0.5, 0.6) is 0 Å². The van der Waals surface area contributed by atoms with E-state index in [1.807, 2.05) is 17.5 Å². The Bertz CT molecular complexity index is 908. The molecule has 1 saturated heterocycles. The number of rotatable bonds is 7. The van der Waals surface area contributed by atoms with Crippen molar-refractivity contribution in [3.8, 4) is 0 Å². The average molecular weight is 490 g/mol. The van der Waals surface area contributed by atoms with Gasteiger partial charge in [0, 0.05) is 29.7 Å². The summed E-state index contributed by atoms with van der Waals surface area (Å²) in [4.78, 5) is 40.4. The van der Waals surface area contributed by atoms with E-state index in [0.717, 1.165) is 4.47 Å². The van der Waals surface area contributed by atoms with Crippen molar-refractivity contribution in [1.29, 1.82) is 0 Å². The number of hydrogen-bond acceptors (Lipinski definition) is 4. The van der Waals surface area contributed by atoms with Gasteiger partial charge in [-0.25, -0.2) is 0 Å². The second-order valence-corrected chi connectivity index (χ2v) is 8.97. The Labute approximate surface area is 188 Å². The van der Waals surface area contributed by atoms with Crippen molar-refractivity contribution >= 4 is 45.0 Å². The monoisotopic (exact) mass is 489 g/mol. The normalized spacial score (nSPS) is 15.3. The lowest BCUT2D eigenvalue weighted by Crippen LogP contribution is -2.53. The van der Waals surface area contributed by atoms with Gasteiger partial charge in [0.15, 0.2) is 0 Å². The predicted octanol–water partition coefficient (Wildman–Crippen LogP) is 3.46. The molecule has 1 aromatic carbocycles. The maximum absolute atomic E-state index is 12.8. The van der Waals surface area contributed by atoms with Crippen LogP contribution >= 0.6 is 27.3 Å². The van der Waals surface area contributed by atoms with Crippen molar-refractivity contribution in [2.45, 2.75) is 18.9 Å². The van der Waals surface area contributed by atoms with Gasteiger partial charge < -0.3 is 15.5 Å². The molecule has 2 N–H and O–H groups in total. The first-order valence-corrected chi connectivity index (χ1v) is 11.4. The third-order valence-electron chi connectivity index (χ3n) is 5.10. The number of halogens is 1. The zero-order valence-corrected chi connectivity index (χ0v) is 18.9. The molecule has 1 atom stereocenters. The quantitative estimate of drug-likeness (QED) is 0.584. The van der Waals surface area contributed by atoms with Crippen LogP contribution in [0.3, 0.4) is 0 Å². The van der Waals surface area contributed by atoms with Crippen LogP contribution in [-0.4, -0.2) is 48.3 Å². The summed E-state index contributed by atoms with van der Waals surface area (Å²) in [6.45, 7) is 5.04. The van der Waals surface area contributed by atoms with E-state index in [1.165, 1.54) is 11.3 Å². The van der Waals surface area contributed by atoms with Gasteiger partial charge in [0.25, 0.3) is 11.8 Å². The molecule has 158 valence electrons. The molecule has 30 heavy (non-hydrogen) atoms. The summed E-state index contributed by atoms with van der Waals surface area (Å²) in [6, 6.07) is 10.2.